The third kappa shape index (κ3) is 2.91. The van der Waals surface area contributed by atoms with E-state index in [0.717, 1.165) is 16.9 Å². The zero-order chi connectivity index (χ0) is 20.2. The van der Waals surface area contributed by atoms with E-state index in [-0.39, 0.29) is 47.4 Å². The molecule has 3 amide bonds. The monoisotopic (exact) mass is 382 g/mol. The van der Waals surface area contributed by atoms with Gasteiger partial charge in [0.1, 0.15) is 12.3 Å². The summed E-state index contributed by atoms with van der Waals surface area (Å²) < 4.78 is 5.35. The molecule has 6 heteroatoms. The predicted molar refractivity (Wildman–Crippen MR) is 105 cm³/mol. The zero-order valence-electron chi connectivity index (χ0n) is 16.7. The van der Waals surface area contributed by atoms with Gasteiger partial charge in [-0.2, -0.15) is 0 Å². The summed E-state index contributed by atoms with van der Waals surface area (Å²) in [4.78, 5) is 39.3. The van der Waals surface area contributed by atoms with Gasteiger partial charge in [-0.25, -0.2) is 0 Å². The van der Waals surface area contributed by atoms with Crippen molar-refractivity contribution in [3.63, 3.8) is 0 Å². The van der Waals surface area contributed by atoms with Gasteiger partial charge in [0.05, 0.1) is 24.6 Å². The topological polar surface area (TPSA) is 75.7 Å². The van der Waals surface area contributed by atoms with Crippen LogP contribution in [0.1, 0.15) is 32.8 Å². The fourth-order valence-corrected chi connectivity index (χ4v) is 4.73. The van der Waals surface area contributed by atoms with Crippen LogP contribution in [-0.4, -0.2) is 36.3 Å². The van der Waals surface area contributed by atoms with Crippen LogP contribution in [-0.2, 0) is 19.8 Å². The molecule has 1 aromatic carbocycles. The molecular formula is C22H26N2O4. The predicted octanol–water partition coefficient (Wildman–Crippen LogP) is 2.74. The lowest BCUT2D eigenvalue weighted by Gasteiger charge is -2.22. The summed E-state index contributed by atoms with van der Waals surface area (Å²) in [6.07, 6.45) is 4.97. The molecule has 0 radical (unpaired) electrons. The lowest BCUT2D eigenvalue weighted by Crippen LogP contribution is -2.39. The first-order valence-electron chi connectivity index (χ1n) is 9.72. The summed E-state index contributed by atoms with van der Waals surface area (Å²) >= 11 is 0. The van der Waals surface area contributed by atoms with Gasteiger partial charge in [0.15, 0.2) is 0 Å². The van der Waals surface area contributed by atoms with E-state index in [2.05, 4.69) is 26.1 Å². The first kappa shape index (κ1) is 18.7. The van der Waals surface area contributed by atoms with E-state index in [0.29, 0.717) is 11.4 Å². The Labute approximate surface area is 164 Å². The number of imide groups is 1. The normalized spacial score (nSPS) is 28.1. The van der Waals surface area contributed by atoms with Gasteiger partial charge in [-0.05, 0) is 41.4 Å². The molecule has 4 rings (SSSR count). The Morgan fingerprint density at radius 2 is 1.75 bits per heavy atom. The van der Waals surface area contributed by atoms with Crippen molar-refractivity contribution in [3.05, 3.63) is 35.9 Å². The van der Waals surface area contributed by atoms with Crippen molar-refractivity contribution < 1.29 is 19.1 Å². The second-order valence-corrected chi connectivity index (χ2v) is 8.98. The summed E-state index contributed by atoms with van der Waals surface area (Å²) in [5, 5.41) is 2.82. The minimum atomic E-state index is -0.397. The average molecular weight is 382 g/mol. The molecule has 6 nitrogen and oxygen atoms in total. The summed E-state index contributed by atoms with van der Waals surface area (Å²) in [7, 11) is 1.54. The summed E-state index contributed by atoms with van der Waals surface area (Å²) in [5.74, 6) is -0.560. The third-order valence-corrected chi connectivity index (χ3v) is 6.20. The maximum absolute atomic E-state index is 12.8. The average Bonchev–Trinajstić information content (AvgIpc) is 3.31. The molecule has 2 bridgehead atoms. The fourth-order valence-electron chi connectivity index (χ4n) is 4.73. The van der Waals surface area contributed by atoms with Crippen LogP contribution in [0, 0.1) is 23.7 Å². The molecule has 0 unspecified atom stereocenters. The van der Waals surface area contributed by atoms with E-state index in [1.165, 1.54) is 0 Å². The van der Waals surface area contributed by atoms with E-state index in [1.807, 2.05) is 30.4 Å². The Balaban J connectivity index is 1.50. The molecular weight excluding hydrogens is 356 g/mol. The molecule has 1 saturated carbocycles. The Morgan fingerprint density at radius 3 is 2.29 bits per heavy atom. The standard InChI is InChI=1S/C22H26N2O4/c1-22(2,3)14-7-8-16(28-4)15(10-14)23-17(25)11-24-20(26)18-12-5-6-13(9-12)19(18)21(24)27/h5-8,10,12-13,18-19H,9,11H2,1-4H3,(H,23,25)/t12-,13+,18-,19-/m0/s1. The van der Waals surface area contributed by atoms with Crippen molar-refractivity contribution >= 4 is 23.4 Å². The van der Waals surface area contributed by atoms with E-state index in [1.54, 1.807) is 7.11 Å². The fraction of sp³-hybridized carbons (Fsp3) is 0.500. The Kier molecular flexibility index (Phi) is 4.32. The number of nitrogens with one attached hydrogen (secondary N) is 1. The maximum atomic E-state index is 12.8. The van der Waals surface area contributed by atoms with Crippen LogP contribution in [0.25, 0.3) is 0 Å². The molecule has 2 aliphatic carbocycles. The molecule has 1 saturated heterocycles. The minimum Gasteiger partial charge on any atom is -0.495 e. The number of likely N-dealkylation sites (tertiary alicyclic amines) is 1. The van der Waals surface area contributed by atoms with Crippen LogP contribution >= 0.6 is 0 Å². The van der Waals surface area contributed by atoms with Gasteiger partial charge in [0, 0.05) is 0 Å². The van der Waals surface area contributed by atoms with Crippen molar-refractivity contribution in [3.8, 4) is 5.75 Å². The summed E-state index contributed by atoms with van der Waals surface area (Å²) in [6.45, 7) is 6.00. The summed E-state index contributed by atoms with van der Waals surface area (Å²) in [5.41, 5.74) is 1.51. The van der Waals surface area contributed by atoms with Gasteiger partial charge in [0.25, 0.3) is 0 Å². The van der Waals surface area contributed by atoms with Gasteiger partial charge in [-0.3, -0.25) is 19.3 Å². The summed E-state index contributed by atoms with van der Waals surface area (Å²) in [6, 6.07) is 5.66. The third-order valence-electron chi connectivity index (χ3n) is 6.20. The molecule has 1 aliphatic heterocycles. The van der Waals surface area contributed by atoms with Gasteiger partial charge < -0.3 is 10.1 Å². The number of anilines is 1. The number of carbonyl (C=O) groups is 3. The van der Waals surface area contributed by atoms with Crippen LogP contribution in [0.3, 0.4) is 0 Å². The number of hydrogen-bond acceptors (Lipinski definition) is 4. The van der Waals surface area contributed by atoms with Gasteiger partial charge in [0.2, 0.25) is 17.7 Å². The number of nitrogens with zero attached hydrogens (tertiary/aromatic N) is 1. The minimum absolute atomic E-state index is 0.0869. The molecule has 4 atom stereocenters. The number of amides is 3. The molecule has 0 aromatic heterocycles. The molecule has 3 aliphatic rings. The second kappa shape index (κ2) is 6.47. The molecule has 2 fully saturated rings. The van der Waals surface area contributed by atoms with Crippen LogP contribution in [0.5, 0.6) is 5.75 Å². The largest absolute Gasteiger partial charge is 0.495 e. The van der Waals surface area contributed by atoms with E-state index < -0.39 is 5.91 Å². The molecule has 1 heterocycles. The van der Waals surface area contributed by atoms with Crippen LogP contribution in [0.2, 0.25) is 0 Å². The molecule has 1 N–H and O–H groups in total. The first-order chi connectivity index (χ1) is 13.2. The second-order valence-electron chi connectivity index (χ2n) is 8.98. The Bertz CT molecular complexity index is 853. The van der Waals surface area contributed by atoms with Crippen LogP contribution in [0.4, 0.5) is 5.69 Å². The number of carbonyl (C=O) groups excluding carboxylic acids is 3. The number of ether oxygens (including phenoxy) is 1. The molecule has 28 heavy (non-hydrogen) atoms. The number of rotatable bonds is 4. The number of fused-ring (bicyclic) bond motifs is 5. The number of methoxy groups -OCH3 is 1. The quantitative estimate of drug-likeness (QED) is 0.642. The van der Waals surface area contributed by atoms with E-state index >= 15 is 0 Å². The van der Waals surface area contributed by atoms with Crippen LogP contribution < -0.4 is 10.1 Å². The van der Waals surface area contributed by atoms with Crippen molar-refractivity contribution in [2.24, 2.45) is 23.7 Å². The number of allylic oxidation sites excluding steroid dienone is 2. The molecule has 148 valence electrons. The smallest absolute Gasteiger partial charge is 0.244 e. The van der Waals surface area contributed by atoms with Crippen molar-refractivity contribution in [1.29, 1.82) is 0 Å². The van der Waals surface area contributed by atoms with E-state index in [9.17, 15) is 14.4 Å². The van der Waals surface area contributed by atoms with Crippen molar-refractivity contribution in [1.82, 2.24) is 4.90 Å². The zero-order valence-corrected chi connectivity index (χ0v) is 16.7. The lowest BCUT2D eigenvalue weighted by atomic mass is 9.85. The van der Waals surface area contributed by atoms with Crippen molar-refractivity contribution in [2.45, 2.75) is 32.6 Å². The highest BCUT2D eigenvalue weighted by Gasteiger charge is 2.59. The van der Waals surface area contributed by atoms with Crippen molar-refractivity contribution in [2.75, 3.05) is 19.0 Å². The van der Waals surface area contributed by atoms with Gasteiger partial charge in [-0.15, -0.1) is 0 Å². The number of hydrogen-bond donors (Lipinski definition) is 1. The number of benzene rings is 1. The molecule has 0 spiro atoms. The van der Waals surface area contributed by atoms with Crippen LogP contribution in [0.15, 0.2) is 30.4 Å². The first-order valence-corrected chi connectivity index (χ1v) is 9.72. The highest BCUT2D eigenvalue weighted by Crippen LogP contribution is 2.52. The lowest BCUT2D eigenvalue weighted by molar-refractivity contribution is -0.143. The van der Waals surface area contributed by atoms with Gasteiger partial charge >= 0.3 is 0 Å². The Morgan fingerprint density at radius 1 is 1.14 bits per heavy atom. The Hall–Kier alpha value is -2.63. The van der Waals surface area contributed by atoms with E-state index in [4.69, 9.17) is 4.74 Å². The highest BCUT2D eigenvalue weighted by molar-refractivity contribution is 6.09. The SMILES string of the molecule is COc1ccc(C(C)(C)C)cc1NC(=O)CN1C(=O)[C@@H]2[C@@H](C1=O)[C@H]1C=C[C@@H]2C1. The highest BCUT2D eigenvalue weighted by atomic mass is 16.5. The molecule has 1 aromatic rings. The maximum Gasteiger partial charge on any atom is 0.244 e. The van der Waals surface area contributed by atoms with Gasteiger partial charge in [-0.1, -0.05) is 39.0 Å².